The molecule has 1 heterocycles. The van der Waals surface area contributed by atoms with Crippen molar-refractivity contribution in [1.82, 2.24) is 5.32 Å². The molecule has 0 radical (unpaired) electrons. The van der Waals surface area contributed by atoms with Gasteiger partial charge in [-0.2, -0.15) is 0 Å². The highest BCUT2D eigenvalue weighted by molar-refractivity contribution is 6.32. The second-order valence-corrected chi connectivity index (χ2v) is 5.75. The van der Waals surface area contributed by atoms with Crippen LogP contribution < -0.4 is 14.8 Å². The van der Waals surface area contributed by atoms with Crippen molar-refractivity contribution in [2.75, 3.05) is 6.79 Å². The molecule has 110 valence electrons. The number of benzene rings is 2. The van der Waals surface area contributed by atoms with Crippen LogP contribution in [0.4, 0.5) is 0 Å². The number of fused-ring (bicyclic) bond motifs is 1. The fraction of sp³-hybridized carbons (Fsp3) is 0.250. The SMILES string of the molecule is C[C@H](NCc1cc(Cl)c2c(c1)OCO2)c1ccccc1Cl. The summed E-state index contributed by atoms with van der Waals surface area (Å²) in [6.45, 7) is 2.97. The van der Waals surface area contributed by atoms with Crippen LogP contribution in [0.1, 0.15) is 24.1 Å². The van der Waals surface area contributed by atoms with Gasteiger partial charge >= 0.3 is 0 Å². The summed E-state index contributed by atoms with van der Waals surface area (Å²) in [5, 5.41) is 4.78. The molecular weight excluding hydrogens is 309 g/mol. The molecule has 3 rings (SSSR count). The molecule has 1 atom stereocenters. The van der Waals surface area contributed by atoms with E-state index in [1.54, 1.807) is 0 Å². The normalized spacial score (nSPS) is 14.2. The smallest absolute Gasteiger partial charge is 0.231 e. The van der Waals surface area contributed by atoms with Gasteiger partial charge in [0.1, 0.15) is 0 Å². The molecular formula is C16H15Cl2NO2. The fourth-order valence-electron chi connectivity index (χ4n) is 2.33. The van der Waals surface area contributed by atoms with E-state index in [0.29, 0.717) is 23.1 Å². The molecule has 0 amide bonds. The third kappa shape index (κ3) is 3.10. The maximum absolute atomic E-state index is 6.21. The Labute approximate surface area is 133 Å². The van der Waals surface area contributed by atoms with Gasteiger partial charge in [0, 0.05) is 17.6 Å². The van der Waals surface area contributed by atoms with Gasteiger partial charge in [-0.15, -0.1) is 0 Å². The Bertz CT molecular complexity index is 661. The molecule has 1 N–H and O–H groups in total. The van der Waals surface area contributed by atoms with Crippen molar-refractivity contribution in [3.63, 3.8) is 0 Å². The van der Waals surface area contributed by atoms with Crippen LogP contribution in [0.3, 0.4) is 0 Å². The number of hydrogen-bond donors (Lipinski definition) is 1. The van der Waals surface area contributed by atoms with Crippen LogP contribution in [0.25, 0.3) is 0 Å². The maximum Gasteiger partial charge on any atom is 0.231 e. The number of hydrogen-bond acceptors (Lipinski definition) is 3. The van der Waals surface area contributed by atoms with E-state index in [4.69, 9.17) is 32.7 Å². The zero-order valence-electron chi connectivity index (χ0n) is 11.5. The van der Waals surface area contributed by atoms with Crippen LogP contribution in [-0.4, -0.2) is 6.79 Å². The summed E-state index contributed by atoms with van der Waals surface area (Å²) >= 11 is 12.4. The first-order valence-corrected chi connectivity index (χ1v) is 7.46. The topological polar surface area (TPSA) is 30.5 Å². The number of halogens is 2. The molecule has 0 unspecified atom stereocenters. The number of ether oxygens (including phenoxy) is 2. The standard InChI is InChI=1S/C16H15Cl2NO2/c1-10(12-4-2-3-5-13(12)17)19-8-11-6-14(18)16-15(7-11)20-9-21-16/h2-7,10,19H,8-9H2,1H3/t10-/m0/s1. The summed E-state index contributed by atoms with van der Waals surface area (Å²) in [5.74, 6) is 1.32. The van der Waals surface area contributed by atoms with Crippen molar-refractivity contribution in [3.8, 4) is 11.5 Å². The largest absolute Gasteiger partial charge is 0.454 e. The number of rotatable bonds is 4. The van der Waals surface area contributed by atoms with Gasteiger partial charge in [0.25, 0.3) is 0 Å². The zero-order valence-corrected chi connectivity index (χ0v) is 13.0. The van der Waals surface area contributed by atoms with Gasteiger partial charge in [-0.1, -0.05) is 41.4 Å². The summed E-state index contributed by atoms with van der Waals surface area (Å²) in [5.41, 5.74) is 2.12. The molecule has 2 aromatic carbocycles. The molecule has 0 spiro atoms. The average Bonchev–Trinajstić information content (AvgIpc) is 2.94. The third-order valence-electron chi connectivity index (χ3n) is 3.47. The first-order chi connectivity index (χ1) is 10.1. The summed E-state index contributed by atoms with van der Waals surface area (Å²) in [4.78, 5) is 0. The molecule has 0 fully saturated rings. The lowest BCUT2D eigenvalue weighted by Gasteiger charge is -2.16. The monoisotopic (exact) mass is 323 g/mol. The Hall–Kier alpha value is -1.42. The van der Waals surface area contributed by atoms with Crippen LogP contribution >= 0.6 is 23.2 Å². The Morgan fingerprint density at radius 3 is 2.76 bits per heavy atom. The van der Waals surface area contributed by atoms with Crippen LogP contribution in [0.2, 0.25) is 10.0 Å². The molecule has 5 heteroatoms. The predicted molar refractivity (Wildman–Crippen MR) is 84.3 cm³/mol. The molecule has 21 heavy (non-hydrogen) atoms. The molecule has 2 aromatic rings. The zero-order chi connectivity index (χ0) is 14.8. The minimum Gasteiger partial charge on any atom is -0.454 e. The summed E-state index contributed by atoms with van der Waals surface area (Å²) in [7, 11) is 0. The van der Waals surface area contributed by atoms with Crippen LogP contribution in [0.5, 0.6) is 11.5 Å². The first kappa shape index (κ1) is 14.5. The summed E-state index contributed by atoms with van der Waals surface area (Å²) in [6.07, 6.45) is 0. The van der Waals surface area contributed by atoms with Gasteiger partial charge in [-0.25, -0.2) is 0 Å². The van der Waals surface area contributed by atoms with Crippen molar-refractivity contribution in [3.05, 3.63) is 57.6 Å². The number of nitrogens with one attached hydrogen (secondary N) is 1. The average molecular weight is 324 g/mol. The Morgan fingerprint density at radius 1 is 1.14 bits per heavy atom. The van der Waals surface area contributed by atoms with E-state index in [2.05, 4.69) is 12.2 Å². The first-order valence-electron chi connectivity index (χ1n) is 6.71. The van der Waals surface area contributed by atoms with Crippen LogP contribution in [0, 0.1) is 0 Å². The van der Waals surface area contributed by atoms with Crippen LogP contribution in [-0.2, 0) is 6.54 Å². The summed E-state index contributed by atoms with van der Waals surface area (Å²) in [6, 6.07) is 11.8. The molecule has 0 aromatic heterocycles. The van der Waals surface area contributed by atoms with Crippen molar-refractivity contribution < 1.29 is 9.47 Å². The van der Waals surface area contributed by atoms with E-state index < -0.39 is 0 Å². The molecule has 0 saturated heterocycles. The fourth-order valence-corrected chi connectivity index (χ4v) is 2.92. The van der Waals surface area contributed by atoms with E-state index >= 15 is 0 Å². The quantitative estimate of drug-likeness (QED) is 0.893. The Morgan fingerprint density at radius 2 is 1.95 bits per heavy atom. The van der Waals surface area contributed by atoms with Gasteiger partial charge < -0.3 is 14.8 Å². The van der Waals surface area contributed by atoms with Crippen molar-refractivity contribution in [1.29, 1.82) is 0 Å². The Kier molecular flexibility index (Phi) is 4.24. The van der Waals surface area contributed by atoms with Gasteiger partial charge in [-0.3, -0.25) is 0 Å². The molecule has 0 aliphatic carbocycles. The van der Waals surface area contributed by atoms with Gasteiger partial charge in [-0.05, 0) is 36.2 Å². The molecule has 1 aliphatic rings. The third-order valence-corrected chi connectivity index (χ3v) is 4.10. The van der Waals surface area contributed by atoms with Gasteiger partial charge in [0.05, 0.1) is 5.02 Å². The van der Waals surface area contributed by atoms with E-state index in [1.165, 1.54) is 0 Å². The van der Waals surface area contributed by atoms with E-state index in [1.807, 2.05) is 36.4 Å². The predicted octanol–water partition coefficient (Wildman–Crippen LogP) is 4.57. The van der Waals surface area contributed by atoms with Crippen molar-refractivity contribution in [2.24, 2.45) is 0 Å². The van der Waals surface area contributed by atoms with Crippen molar-refractivity contribution >= 4 is 23.2 Å². The second-order valence-electron chi connectivity index (χ2n) is 4.94. The van der Waals surface area contributed by atoms with E-state index in [9.17, 15) is 0 Å². The minimum atomic E-state index is 0.142. The van der Waals surface area contributed by atoms with Crippen LogP contribution in [0.15, 0.2) is 36.4 Å². The lowest BCUT2D eigenvalue weighted by atomic mass is 10.1. The highest BCUT2D eigenvalue weighted by Gasteiger charge is 2.18. The second kappa shape index (κ2) is 6.14. The highest BCUT2D eigenvalue weighted by atomic mass is 35.5. The maximum atomic E-state index is 6.21. The molecule has 0 saturated carbocycles. The molecule has 3 nitrogen and oxygen atoms in total. The molecule has 0 bridgehead atoms. The van der Waals surface area contributed by atoms with E-state index in [-0.39, 0.29) is 12.8 Å². The summed E-state index contributed by atoms with van der Waals surface area (Å²) < 4.78 is 10.7. The lowest BCUT2D eigenvalue weighted by Crippen LogP contribution is -2.18. The van der Waals surface area contributed by atoms with Gasteiger partial charge in [0.15, 0.2) is 11.5 Å². The minimum absolute atomic E-state index is 0.142. The highest BCUT2D eigenvalue weighted by Crippen LogP contribution is 2.39. The molecule has 1 aliphatic heterocycles. The lowest BCUT2D eigenvalue weighted by molar-refractivity contribution is 0.174. The Balaban J connectivity index is 1.71. The van der Waals surface area contributed by atoms with E-state index in [0.717, 1.165) is 16.1 Å². The van der Waals surface area contributed by atoms with Gasteiger partial charge in [0.2, 0.25) is 6.79 Å². The van der Waals surface area contributed by atoms with Crippen molar-refractivity contribution in [2.45, 2.75) is 19.5 Å².